The topological polar surface area (TPSA) is 17.1 Å². The van der Waals surface area contributed by atoms with Gasteiger partial charge in [-0.2, -0.15) is 0 Å². The molecule has 0 aromatic rings. The second kappa shape index (κ2) is 1.23. The molecule has 1 rings (SSSR count). The first-order valence-corrected chi connectivity index (χ1v) is 2.37. The molecule has 1 saturated carbocycles. The molecule has 0 aromatic carbocycles. The van der Waals surface area contributed by atoms with Gasteiger partial charge in [0.25, 0.3) is 0 Å². The summed E-state index contributed by atoms with van der Waals surface area (Å²) >= 11 is 5.42. The fourth-order valence-electron chi connectivity index (χ4n) is 0.322. The highest BCUT2D eigenvalue weighted by Gasteiger charge is 2.34. The average molecular weight is 105 g/mol. The van der Waals surface area contributed by atoms with E-state index in [0.29, 0.717) is 0 Å². The van der Waals surface area contributed by atoms with Gasteiger partial charge in [-0.1, -0.05) is 0 Å². The smallest absolute Gasteiger partial charge is 0.124 e. The fourth-order valence-corrected chi connectivity index (χ4v) is 0.587. The summed E-state index contributed by atoms with van der Waals surface area (Å²) in [5.41, 5.74) is 0. The van der Waals surface area contributed by atoms with E-state index in [4.69, 9.17) is 11.6 Å². The average Bonchev–Trinajstić information content (AvgIpc) is 2.19. The van der Waals surface area contributed by atoms with E-state index in [9.17, 15) is 4.79 Å². The van der Waals surface area contributed by atoms with Crippen LogP contribution < -0.4 is 0 Å². The summed E-state index contributed by atoms with van der Waals surface area (Å²) in [5, 5.41) is 0.169. The monoisotopic (exact) mass is 104 g/mol. The Kier molecular flexibility index (Phi) is 0.845. The molecule has 0 aromatic heterocycles. The quantitative estimate of drug-likeness (QED) is 0.356. The van der Waals surface area contributed by atoms with Crippen molar-refractivity contribution in [3.8, 4) is 0 Å². The molecule has 0 spiro atoms. The third kappa shape index (κ3) is 0.548. The van der Waals surface area contributed by atoms with E-state index in [1.54, 1.807) is 0 Å². The lowest BCUT2D eigenvalue weighted by Crippen LogP contribution is -1.75. The van der Waals surface area contributed by atoms with Crippen molar-refractivity contribution >= 4 is 17.9 Å². The Bertz CT molecular complexity index is 71.9. The summed E-state index contributed by atoms with van der Waals surface area (Å²) < 4.78 is 0. The Morgan fingerprint density at radius 3 is 2.33 bits per heavy atom. The van der Waals surface area contributed by atoms with Gasteiger partial charge in [-0.05, 0) is 6.42 Å². The summed E-state index contributed by atoms with van der Waals surface area (Å²) in [6, 6.07) is 0. The maximum absolute atomic E-state index is 9.69. The highest BCUT2D eigenvalue weighted by molar-refractivity contribution is 6.23. The van der Waals surface area contributed by atoms with Crippen molar-refractivity contribution in [1.82, 2.24) is 0 Å². The van der Waals surface area contributed by atoms with Crippen LogP contribution in [0.25, 0.3) is 0 Å². The molecule has 0 heterocycles. The number of carbonyl (C=O) groups is 1. The van der Waals surface area contributed by atoms with Gasteiger partial charge < -0.3 is 4.79 Å². The second-order valence-corrected chi connectivity index (χ2v) is 2.11. The molecule has 0 amide bonds. The third-order valence-corrected chi connectivity index (χ3v) is 1.44. The molecular weight excluding hydrogens is 99.5 g/mol. The van der Waals surface area contributed by atoms with Gasteiger partial charge in [0.2, 0.25) is 0 Å². The van der Waals surface area contributed by atoms with E-state index in [0.717, 1.165) is 12.7 Å². The summed E-state index contributed by atoms with van der Waals surface area (Å²) in [7, 11) is 0. The van der Waals surface area contributed by atoms with E-state index in [1.807, 2.05) is 0 Å². The number of aldehydes is 1. The van der Waals surface area contributed by atoms with E-state index in [2.05, 4.69) is 0 Å². The first-order chi connectivity index (χ1) is 2.84. The number of carbonyl (C=O) groups excluding carboxylic acids is 1. The minimum atomic E-state index is 0.169. The van der Waals surface area contributed by atoms with Gasteiger partial charge >= 0.3 is 0 Å². The molecule has 1 nitrogen and oxygen atoms in total. The normalized spacial score (nSPS) is 42.2. The maximum atomic E-state index is 9.69. The van der Waals surface area contributed by atoms with Gasteiger partial charge in [-0.25, -0.2) is 0 Å². The van der Waals surface area contributed by atoms with Crippen molar-refractivity contribution in [2.24, 2.45) is 5.92 Å². The molecule has 1 fully saturated rings. The third-order valence-electron chi connectivity index (χ3n) is 0.934. The zero-order valence-electron chi connectivity index (χ0n) is 3.23. The van der Waals surface area contributed by atoms with Gasteiger partial charge in [0.05, 0.1) is 0 Å². The number of hydrogen-bond acceptors (Lipinski definition) is 1. The Balaban J connectivity index is 2.25. The zero-order valence-corrected chi connectivity index (χ0v) is 3.98. The van der Waals surface area contributed by atoms with Gasteiger partial charge in [0.1, 0.15) is 6.29 Å². The first kappa shape index (κ1) is 4.13. The zero-order chi connectivity index (χ0) is 4.57. The molecule has 0 radical (unpaired) electrons. The number of halogens is 1. The van der Waals surface area contributed by atoms with E-state index in [-0.39, 0.29) is 11.3 Å². The van der Waals surface area contributed by atoms with Crippen molar-refractivity contribution in [2.45, 2.75) is 11.8 Å². The van der Waals surface area contributed by atoms with Crippen LogP contribution in [0.4, 0.5) is 0 Å². The largest absolute Gasteiger partial charge is 0.303 e. The predicted molar refractivity (Wildman–Crippen MR) is 23.8 cm³/mol. The van der Waals surface area contributed by atoms with Crippen molar-refractivity contribution in [1.29, 1.82) is 0 Å². The van der Waals surface area contributed by atoms with Crippen LogP contribution >= 0.6 is 11.6 Å². The van der Waals surface area contributed by atoms with E-state index < -0.39 is 0 Å². The minimum Gasteiger partial charge on any atom is -0.303 e. The highest BCUT2D eigenvalue weighted by atomic mass is 35.5. The van der Waals surface area contributed by atoms with Gasteiger partial charge in [-0.15, -0.1) is 11.6 Å². The Labute approximate surface area is 41.3 Å². The van der Waals surface area contributed by atoms with Crippen LogP contribution in [0, 0.1) is 5.92 Å². The van der Waals surface area contributed by atoms with Crippen LogP contribution in [0.15, 0.2) is 0 Å². The molecule has 1 aliphatic carbocycles. The van der Waals surface area contributed by atoms with Gasteiger partial charge in [0.15, 0.2) is 0 Å². The standard InChI is InChI=1S/C4H5ClO/c5-4-1-3(4)2-6/h2-4H,1H2. The van der Waals surface area contributed by atoms with E-state index >= 15 is 0 Å². The second-order valence-electron chi connectivity index (χ2n) is 1.55. The molecule has 6 heavy (non-hydrogen) atoms. The molecule has 0 saturated heterocycles. The molecule has 0 bridgehead atoms. The maximum Gasteiger partial charge on any atom is 0.124 e. The molecule has 0 aliphatic heterocycles. The van der Waals surface area contributed by atoms with Crippen LogP contribution in [0.3, 0.4) is 0 Å². The lowest BCUT2D eigenvalue weighted by Gasteiger charge is -1.65. The summed E-state index contributed by atoms with van der Waals surface area (Å²) in [6.07, 6.45) is 1.81. The number of hydrogen-bond donors (Lipinski definition) is 0. The molecule has 34 valence electrons. The van der Waals surface area contributed by atoms with Crippen molar-refractivity contribution in [3.63, 3.8) is 0 Å². The Morgan fingerprint density at radius 1 is 1.83 bits per heavy atom. The summed E-state index contributed by atoms with van der Waals surface area (Å²) in [6.45, 7) is 0. The van der Waals surface area contributed by atoms with Crippen LogP contribution in [-0.4, -0.2) is 11.7 Å². The van der Waals surface area contributed by atoms with Crippen molar-refractivity contribution in [3.05, 3.63) is 0 Å². The van der Waals surface area contributed by atoms with Crippen molar-refractivity contribution < 1.29 is 4.79 Å². The molecule has 2 unspecified atom stereocenters. The minimum absolute atomic E-state index is 0.169. The molecule has 0 N–H and O–H groups in total. The van der Waals surface area contributed by atoms with Crippen LogP contribution in [-0.2, 0) is 4.79 Å². The number of alkyl halides is 1. The number of rotatable bonds is 1. The molecular formula is C4H5ClO. The fraction of sp³-hybridized carbons (Fsp3) is 0.750. The van der Waals surface area contributed by atoms with Gasteiger partial charge in [0, 0.05) is 11.3 Å². The Morgan fingerprint density at radius 2 is 2.33 bits per heavy atom. The summed E-state index contributed by atoms with van der Waals surface area (Å²) in [4.78, 5) is 9.69. The van der Waals surface area contributed by atoms with Crippen LogP contribution in [0.1, 0.15) is 6.42 Å². The molecule has 1 aliphatic rings. The van der Waals surface area contributed by atoms with Crippen LogP contribution in [0.2, 0.25) is 0 Å². The lowest BCUT2D eigenvalue weighted by atomic mass is 10.5. The summed E-state index contributed by atoms with van der Waals surface area (Å²) in [5.74, 6) is 0.187. The predicted octanol–water partition coefficient (Wildman–Crippen LogP) is 0.813. The highest BCUT2D eigenvalue weighted by Crippen LogP contribution is 2.33. The SMILES string of the molecule is O=CC1CC1Cl. The first-order valence-electron chi connectivity index (χ1n) is 1.94. The molecule has 2 heteroatoms. The Hall–Kier alpha value is -0.0400. The van der Waals surface area contributed by atoms with E-state index in [1.165, 1.54) is 0 Å². The lowest BCUT2D eigenvalue weighted by molar-refractivity contribution is -0.108. The van der Waals surface area contributed by atoms with Crippen LogP contribution in [0.5, 0.6) is 0 Å². The van der Waals surface area contributed by atoms with Crippen molar-refractivity contribution in [2.75, 3.05) is 0 Å². The molecule has 2 atom stereocenters. The van der Waals surface area contributed by atoms with Gasteiger partial charge in [-0.3, -0.25) is 0 Å².